The minimum absolute atomic E-state index is 0.127. The summed E-state index contributed by atoms with van der Waals surface area (Å²) in [6, 6.07) is 3.17. The number of carbonyl (C=O) groups excluding carboxylic acids is 2. The second-order valence-corrected chi connectivity index (χ2v) is 6.62. The summed E-state index contributed by atoms with van der Waals surface area (Å²) in [5, 5.41) is 0. The molecule has 0 saturated heterocycles. The van der Waals surface area contributed by atoms with Crippen molar-refractivity contribution in [3.05, 3.63) is 24.2 Å². The van der Waals surface area contributed by atoms with E-state index in [-0.39, 0.29) is 25.2 Å². The van der Waals surface area contributed by atoms with E-state index in [1.807, 2.05) is 27.7 Å². The molecular formula is C17H27NO6. The summed E-state index contributed by atoms with van der Waals surface area (Å²) in [4.78, 5) is 25.0. The third kappa shape index (κ3) is 6.23. The Morgan fingerprint density at radius 2 is 2.00 bits per heavy atom. The average molecular weight is 341 g/mol. The lowest BCUT2D eigenvalue weighted by atomic mass is 9.99. The van der Waals surface area contributed by atoms with Gasteiger partial charge in [-0.3, -0.25) is 0 Å². The number of methoxy groups -OCH3 is 1. The number of nitrogens with zero attached hydrogens (tertiary/aromatic N) is 1. The smallest absolute Gasteiger partial charge is 0.410 e. The molecular weight excluding hydrogens is 314 g/mol. The van der Waals surface area contributed by atoms with E-state index in [9.17, 15) is 9.59 Å². The zero-order valence-corrected chi connectivity index (χ0v) is 15.2. The van der Waals surface area contributed by atoms with Crippen molar-refractivity contribution >= 4 is 12.1 Å². The minimum Gasteiger partial charge on any atom is -0.467 e. The van der Waals surface area contributed by atoms with Crippen LogP contribution in [0, 0.1) is 5.92 Å². The van der Waals surface area contributed by atoms with Gasteiger partial charge in [0, 0.05) is 13.0 Å². The van der Waals surface area contributed by atoms with Crippen LogP contribution >= 0.6 is 0 Å². The molecule has 1 rings (SSSR count). The lowest BCUT2D eigenvalue weighted by molar-refractivity contribution is -0.146. The molecule has 1 aromatic rings. The van der Waals surface area contributed by atoms with E-state index in [2.05, 4.69) is 4.74 Å². The first-order valence-corrected chi connectivity index (χ1v) is 7.79. The largest absolute Gasteiger partial charge is 0.467 e. The molecule has 0 fully saturated rings. The fraction of sp³-hybridized carbons (Fsp3) is 0.647. The molecule has 24 heavy (non-hydrogen) atoms. The number of amides is 1. The van der Waals surface area contributed by atoms with Gasteiger partial charge in [0.2, 0.25) is 0 Å². The SMILES string of the molecule is COC(=O)COCC(C)[C@@H](c1ccco1)N(C)C(=O)OC(C)(C)C. The Labute approximate surface area is 142 Å². The summed E-state index contributed by atoms with van der Waals surface area (Å²) in [7, 11) is 2.95. The molecule has 0 N–H and O–H groups in total. The minimum atomic E-state index is -0.594. The Morgan fingerprint density at radius 1 is 1.33 bits per heavy atom. The summed E-state index contributed by atoms with van der Waals surface area (Å²) in [5.74, 6) is 0.0492. The van der Waals surface area contributed by atoms with Crippen LogP contribution in [0.5, 0.6) is 0 Å². The second kappa shape index (κ2) is 8.73. The number of furan rings is 1. The molecule has 0 saturated carbocycles. The molecule has 0 aliphatic rings. The van der Waals surface area contributed by atoms with Crippen LogP contribution in [-0.4, -0.2) is 49.9 Å². The van der Waals surface area contributed by atoms with Gasteiger partial charge in [0.1, 0.15) is 18.0 Å². The zero-order chi connectivity index (χ0) is 18.3. The van der Waals surface area contributed by atoms with Gasteiger partial charge in [0.15, 0.2) is 0 Å². The maximum atomic E-state index is 12.4. The summed E-state index contributed by atoms with van der Waals surface area (Å²) < 4.78 is 20.8. The molecule has 1 heterocycles. The summed E-state index contributed by atoms with van der Waals surface area (Å²) in [6.07, 6.45) is 1.09. The number of ether oxygens (including phenoxy) is 3. The maximum Gasteiger partial charge on any atom is 0.410 e. The fourth-order valence-corrected chi connectivity index (χ4v) is 2.24. The molecule has 7 nitrogen and oxygen atoms in total. The van der Waals surface area contributed by atoms with Crippen molar-refractivity contribution in [1.29, 1.82) is 0 Å². The highest BCUT2D eigenvalue weighted by Gasteiger charge is 2.32. The van der Waals surface area contributed by atoms with Crippen LogP contribution in [-0.2, 0) is 19.0 Å². The lowest BCUT2D eigenvalue weighted by Gasteiger charge is -2.33. The molecule has 1 aromatic heterocycles. The van der Waals surface area contributed by atoms with Crippen molar-refractivity contribution < 1.29 is 28.2 Å². The van der Waals surface area contributed by atoms with Gasteiger partial charge in [-0.2, -0.15) is 0 Å². The number of hydrogen-bond acceptors (Lipinski definition) is 6. The van der Waals surface area contributed by atoms with Crippen LogP contribution in [0.1, 0.15) is 39.5 Å². The first-order chi connectivity index (χ1) is 11.2. The quantitative estimate of drug-likeness (QED) is 0.709. The standard InChI is InChI=1S/C17H27NO6/c1-12(10-22-11-14(19)21-6)15(13-8-7-9-23-13)18(5)16(20)24-17(2,3)4/h7-9,12,15H,10-11H2,1-6H3/t12?,15-/m0/s1. The highest BCUT2D eigenvalue weighted by molar-refractivity contribution is 5.70. The Balaban J connectivity index is 2.81. The number of esters is 1. The molecule has 2 atom stereocenters. The van der Waals surface area contributed by atoms with E-state index in [0.717, 1.165) is 0 Å². The number of hydrogen-bond donors (Lipinski definition) is 0. The molecule has 0 spiro atoms. The topological polar surface area (TPSA) is 78.2 Å². The molecule has 0 aliphatic carbocycles. The zero-order valence-electron chi connectivity index (χ0n) is 15.2. The maximum absolute atomic E-state index is 12.4. The van der Waals surface area contributed by atoms with Crippen LogP contribution in [0.25, 0.3) is 0 Å². The Bertz CT molecular complexity index is 520. The molecule has 7 heteroatoms. The van der Waals surface area contributed by atoms with E-state index in [1.165, 1.54) is 12.0 Å². The van der Waals surface area contributed by atoms with E-state index in [0.29, 0.717) is 5.76 Å². The van der Waals surface area contributed by atoms with Crippen molar-refractivity contribution in [2.45, 2.75) is 39.3 Å². The van der Waals surface area contributed by atoms with Crippen LogP contribution in [0.4, 0.5) is 4.79 Å². The lowest BCUT2D eigenvalue weighted by Crippen LogP contribution is -2.39. The third-order valence-corrected chi connectivity index (χ3v) is 3.30. The highest BCUT2D eigenvalue weighted by atomic mass is 16.6. The van der Waals surface area contributed by atoms with Gasteiger partial charge >= 0.3 is 12.1 Å². The number of rotatable bonds is 7. The predicted octanol–water partition coefficient (Wildman–Crippen LogP) is 3.01. The molecule has 0 bridgehead atoms. The highest BCUT2D eigenvalue weighted by Crippen LogP contribution is 2.29. The van der Waals surface area contributed by atoms with Gasteiger partial charge in [-0.05, 0) is 32.9 Å². The monoisotopic (exact) mass is 341 g/mol. The Morgan fingerprint density at radius 3 is 2.50 bits per heavy atom. The molecule has 1 unspecified atom stereocenters. The van der Waals surface area contributed by atoms with E-state index < -0.39 is 17.7 Å². The van der Waals surface area contributed by atoms with Gasteiger partial charge in [-0.25, -0.2) is 9.59 Å². The molecule has 0 radical (unpaired) electrons. The first-order valence-electron chi connectivity index (χ1n) is 7.79. The van der Waals surface area contributed by atoms with Crippen LogP contribution < -0.4 is 0 Å². The molecule has 0 aliphatic heterocycles. The van der Waals surface area contributed by atoms with Crippen molar-refractivity contribution in [2.75, 3.05) is 27.4 Å². The number of carbonyl (C=O) groups is 2. The predicted molar refractivity (Wildman–Crippen MR) is 87.4 cm³/mol. The van der Waals surface area contributed by atoms with Gasteiger partial charge in [-0.1, -0.05) is 6.92 Å². The average Bonchev–Trinajstić information content (AvgIpc) is 2.99. The summed E-state index contributed by atoms with van der Waals surface area (Å²) >= 11 is 0. The van der Waals surface area contributed by atoms with Crippen LogP contribution in [0.2, 0.25) is 0 Å². The Kier molecular flexibility index (Phi) is 7.28. The molecule has 1 amide bonds. The van der Waals surface area contributed by atoms with Gasteiger partial charge < -0.3 is 23.5 Å². The van der Waals surface area contributed by atoms with Crippen molar-refractivity contribution in [1.82, 2.24) is 4.90 Å². The fourth-order valence-electron chi connectivity index (χ4n) is 2.24. The second-order valence-electron chi connectivity index (χ2n) is 6.62. The van der Waals surface area contributed by atoms with Gasteiger partial charge in [-0.15, -0.1) is 0 Å². The first kappa shape index (κ1) is 20.0. The van der Waals surface area contributed by atoms with Crippen molar-refractivity contribution in [3.63, 3.8) is 0 Å². The van der Waals surface area contributed by atoms with E-state index >= 15 is 0 Å². The van der Waals surface area contributed by atoms with Crippen molar-refractivity contribution in [3.8, 4) is 0 Å². The summed E-state index contributed by atoms with van der Waals surface area (Å²) in [6.45, 7) is 7.46. The van der Waals surface area contributed by atoms with E-state index in [4.69, 9.17) is 13.9 Å². The van der Waals surface area contributed by atoms with Crippen LogP contribution in [0.15, 0.2) is 22.8 Å². The van der Waals surface area contributed by atoms with E-state index in [1.54, 1.807) is 25.4 Å². The van der Waals surface area contributed by atoms with Gasteiger partial charge in [0.25, 0.3) is 0 Å². The molecule has 136 valence electrons. The van der Waals surface area contributed by atoms with Crippen LogP contribution in [0.3, 0.4) is 0 Å². The van der Waals surface area contributed by atoms with Gasteiger partial charge in [0.05, 0.1) is 26.0 Å². The summed E-state index contributed by atoms with van der Waals surface area (Å²) in [5.41, 5.74) is -0.594. The normalized spacial score (nSPS) is 13.9. The molecule has 0 aromatic carbocycles. The Hall–Kier alpha value is -2.02. The third-order valence-electron chi connectivity index (χ3n) is 3.30. The van der Waals surface area contributed by atoms with Crippen molar-refractivity contribution in [2.24, 2.45) is 5.92 Å².